The Balaban J connectivity index is 1.90. The molecule has 0 aliphatic rings. The fraction of sp³-hybridized carbons (Fsp3) is 0.200. The van der Waals surface area contributed by atoms with Gasteiger partial charge in [0.1, 0.15) is 17.8 Å². The van der Waals surface area contributed by atoms with Crippen LogP contribution in [0.4, 0.5) is 5.82 Å². The van der Waals surface area contributed by atoms with Gasteiger partial charge in [0.15, 0.2) is 5.82 Å². The maximum absolute atomic E-state index is 4.75. The number of rotatable bonds is 3. The standard InChI is InChI=1S/C10H10N6O/c1-7-13-14-10-9(11-3-4-16(7)10)12-6-8-2-5-17-15-8/h2-5H,6H2,1H3,(H,11,12). The zero-order valence-electron chi connectivity index (χ0n) is 9.16. The minimum atomic E-state index is 0.537. The predicted octanol–water partition coefficient (Wildman–Crippen LogP) is 1.03. The minimum Gasteiger partial charge on any atom is -0.364 e. The largest absolute Gasteiger partial charge is 0.364 e. The highest BCUT2D eigenvalue weighted by Crippen LogP contribution is 2.12. The Hall–Kier alpha value is -2.44. The summed E-state index contributed by atoms with van der Waals surface area (Å²) in [6.07, 6.45) is 5.06. The Bertz CT molecular complexity index is 629. The molecule has 7 nitrogen and oxygen atoms in total. The van der Waals surface area contributed by atoms with Gasteiger partial charge in [-0.1, -0.05) is 5.16 Å². The first-order valence-electron chi connectivity index (χ1n) is 5.14. The first kappa shape index (κ1) is 9.76. The molecule has 0 spiro atoms. The minimum absolute atomic E-state index is 0.537. The zero-order chi connectivity index (χ0) is 11.7. The Morgan fingerprint density at radius 1 is 1.41 bits per heavy atom. The van der Waals surface area contributed by atoms with Crippen LogP contribution >= 0.6 is 0 Å². The number of nitrogens with one attached hydrogen (secondary N) is 1. The molecular weight excluding hydrogens is 220 g/mol. The van der Waals surface area contributed by atoms with Crippen LogP contribution in [0.5, 0.6) is 0 Å². The molecule has 0 radical (unpaired) electrons. The Morgan fingerprint density at radius 2 is 2.35 bits per heavy atom. The molecule has 0 saturated carbocycles. The maximum atomic E-state index is 4.75. The van der Waals surface area contributed by atoms with Gasteiger partial charge >= 0.3 is 0 Å². The van der Waals surface area contributed by atoms with Crippen LogP contribution in [0.15, 0.2) is 29.2 Å². The molecule has 3 heterocycles. The van der Waals surface area contributed by atoms with Gasteiger partial charge in [0.2, 0.25) is 5.65 Å². The number of hydrogen-bond donors (Lipinski definition) is 1. The van der Waals surface area contributed by atoms with Gasteiger partial charge in [-0.25, -0.2) is 4.98 Å². The highest BCUT2D eigenvalue weighted by molar-refractivity contribution is 5.61. The summed E-state index contributed by atoms with van der Waals surface area (Å²) >= 11 is 0. The third-order valence-corrected chi connectivity index (χ3v) is 2.43. The van der Waals surface area contributed by atoms with Crippen molar-refractivity contribution in [3.63, 3.8) is 0 Å². The molecule has 0 bridgehead atoms. The fourth-order valence-electron chi connectivity index (χ4n) is 1.57. The van der Waals surface area contributed by atoms with Crippen molar-refractivity contribution in [2.24, 2.45) is 0 Å². The van der Waals surface area contributed by atoms with Gasteiger partial charge in [-0.2, -0.15) is 0 Å². The molecule has 0 unspecified atom stereocenters. The van der Waals surface area contributed by atoms with Crippen LogP contribution in [0.3, 0.4) is 0 Å². The number of nitrogens with zero attached hydrogens (tertiary/aromatic N) is 5. The summed E-state index contributed by atoms with van der Waals surface area (Å²) in [4.78, 5) is 4.23. The van der Waals surface area contributed by atoms with Crippen LogP contribution in [-0.2, 0) is 6.54 Å². The summed E-state index contributed by atoms with van der Waals surface area (Å²) in [6, 6.07) is 1.79. The predicted molar refractivity (Wildman–Crippen MR) is 59.3 cm³/mol. The third-order valence-electron chi connectivity index (χ3n) is 2.43. The quantitative estimate of drug-likeness (QED) is 0.723. The number of fused-ring (bicyclic) bond motifs is 1. The Kier molecular flexibility index (Phi) is 2.21. The molecule has 86 valence electrons. The van der Waals surface area contributed by atoms with Crippen molar-refractivity contribution in [3.05, 3.63) is 36.2 Å². The molecule has 0 amide bonds. The molecule has 1 N–H and O–H groups in total. The van der Waals surface area contributed by atoms with Crippen molar-refractivity contribution in [2.75, 3.05) is 5.32 Å². The smallest absolute Gasteiger partial charge is 0.203 e. The average molecular weight is 230 g/mol. The van der Waals surface area contributed by atoms with Gasteiger partial charge in [0.05, 0.1) is 6.54 Å². The maximum Gasteiger partial charge on any atom is 0.203 e. The summed E-state index contributed by atoms with van der Waals surface area (Å²) in [5.74, 6) is 1.50. The first-order chi connectivity index (χ1) is 8.34. The molecular formula is C10H10N6O. The number of hydrogen-bond acceptors (Lipinski definition) is 6. The molecule has 3 rings (SSSR count). The van der Waals surface area contributed by atoms with E-state index in [0.29, 0.717) is 18.0 Å². The zero-order valence-corrected chi connectivity index (χ0v) is 9.16. The van der Waals surface area contributed by atoms with E-state index in [1.54, 1.807) is 12.3 Å². The lowest BCUT2D eigenvalue weighted by Crippen LogP contribution is -2.04. The van der Waals surface area contributed by atoms with E-state index in [1.807, 2.05) is 17.5 Å². The summed E-state index contributed by atoms with van der Waals surface area (Å²) < 4.78 is 6.62. The summed E-state index contributed by atoms with van der Waals surface area (Å²) in [5.41, 5.74) is 1.51. The molecule has 0 saturated heterocycles. The normalized spacial score (nSPS) is 10.9. The van der Waals surface area contributed by atoms with Crippen molar-refractivity contribution in [3.8, 4) is 0 Å². The summed E-state index contributed by atoms with van der Waals surface area (Å²) in [6.45, 7) is 2.43. The highest BCUT2D eigenvalue weighted by Gasteiger charge is 2.07. The van der Waals surface area contributed by atoms with Crippen LogP contribution in [0.2, 0.25) is 0 Å². The second kappa shape index (κ2) is 3.85. The second-order valence-corrected chi connectivity index (χ2v) is 3.56. The molecule has 0 aliphatic carbocycles. The lowest BCUT2D eigenvalue weighted by Gasteiger charge is -2.03. The number of aromatic nitrogens is 5. The van der Waals surface area contributed by atoms with Gasteiger partial charge in [0.25, 0.3) is 0 Å². The third kappa shape index (κ3) is 1.71. The van der Waals surface area contributed by atoms with Crippen LogP contribution in [0, 0.1) is 6.92 Å². The summed E-state index contributed by atoms with van der Waals surface area (Å²) in [5, 5.41) is 15.0. The number of aryl methyl sites for hydroxylation is 1. The number of anilines is 1. The van der Waals surface area contributed by atoms with E-state index in [1.165, 1.54) is 6.26 Å². The van der Waals surface area contributed by atoms with E-state index in [4.69, 9.17) is 4.52 Å². The molecule has 0 fully saturated rings. The van der Waals surface area contributed by atoms with Crippen LogP contribution in [-0.4, -0.2) is 24.7 Å². The molecule has 0 aliphatic heterocycles. The van der Waals surface area contributed by atoms with E-state index in [-0.39, 0.29) is 0 Å². The van der Waals surface area contributed by atoms with E-state index < -0.39 is 0 Å². The van der Waals surface area contributed by atoms with Gasteiger partial charge in [-0.05, 0) is 6.92 Å². The van der Waals surface area contributed by atoms with E-state index in [2.05, 4.69) is 25.7 Å². The van der Waals surface area contributed by atoms with Crippen molar-refractivity contribution in [1.82, 2.24) is 24.7 Å². The van der Waals surface area contributed by atoms with Crippen molar-refractivity contribution < 1.29 is 4.52 Å². The first-order valence-corrected chi connectivity index (χ1v) is 5.14. The molecule has 17 heavy (non-hydrogen) atoms. The molecule has 0 aromatic carbocycles. The van der Waals surface area contributed by atoms with E-state index >= 15 is 0 Å². The van der Waals surface area contributed by atoms with E-state index in [0.717, 1.165) is 11.5 Å². The van der Waals surface area contributed by atoms with Gasteiger partial charge in [0, 0.05) is 18.5 Å². The average Bonchev–Trinajstić information content (AvgIpc) is 2.97. The second-order valence-electron chi connectivity index (χ2n) is 3.56. The fourth-order valence-corrected chi connectivity index (χ4v) is 1.57. The molecule has 3 aromatic rings. The Labute approximate surface area is 96.5 Å². The summed E-state index contributed by atoms with van der Waals surface area (Å²) in [7, 11) is 0. The van der Waals surface area contributed by atoms with Crippen molar-refractivity contribution in [1.29, 1.82) is 0 Å². The van der Waals surface area contributed by atoms with Crippen molar-refractivity contribution >= 4 is 11.5 Å². The van der Waals surface area contributed by atoms with Gasteiger partial charge in [-0.15, -0.1) is 10.2 Å². The van der Waals surface area contributed by atoms with Crippen molar-refractivity contribution in [2.45, 2.75) is 13.5 Å². The van der Waals surface area contributed by atoms with Crippen LogP contribution < -0.4 is 5.32 Å². The van der Waals surface area contributed by atoms with Crippen LogP contribution in [0.25, 0.3) is 5.65 Å². The Morgan fingerprint density at radius 3 is 3.18 bits per heavy atom. The van der Waals surface area contributed by atoms with Crippen LogP contribution in [0.1, 0.15) is 11.5 Å². The van der Waals surface area contributed by atoms with Gasteiger partial charge < -0.3 is 9.84 Å². The lowest BCUT2D eigenvalue weighted by atomic mass is 10.4. The topological polar surface area (TPSA) is 81.1 Å². The SMILES string of the molecule is Cc1nnc2c(NCc3ccon3)nccn12. The lowest BCUT2D eigenvalue weighted by molar-refractivity contribution is 0.412. The monoisotopic (exact) mass is 230 g/mol. The van der Waals surface area contributed by atoms with Gasteiger partial charge in [-0.3, -0.25) is 4.40 Å². The molecule has 0 atom stereocenters. The highest BCUT2D eigenvalue weighted by atomic mass is 16.5. The van der Waals surface area contributed by atoms with E-state index in [9.17, 15) is 0 Å². The molecule has 3 aromatic heterocycles. The molecule has 7 heteroatoms.